The minimum absolute atomic E-state index is 0. The molecule has 1 amide bonds. The molecule has 1 aromatic heterocycles. The Balaban J connectivity index is 0.00000208. The van der Waals surface area contributed by atoms with Crippen molar-refractivity contribution in [2.45, 2.75) is 38.1 Å². The summed E-state index contributed by atoms with van der Waals surface area (Å²) in [6.07, 6.45) is 2.27. The van der Waals surface area contributed by atoms with E-state index in [1.165, 1.54) is 0 Å². The number of aryl methyl sites for hydroxylation is 1. The Hall–Kier alpha value is -1.92. The van der Waals surface area contributed by atoms with Crippen LogP contribution in [0, 0.1) is 6.92 Å². The predicted octanol–water partition coefficient (Wildman–Crippen LogP) is 2.08. The second-order valence-corrected chi connectivity index (χ2v) is 6.07. The number of carbonyl (C=O) groups is 1. The van der Waals surface area contributed by atoms with Crippen LogP contribution in [0.2, 0.25) is 0 Å². The SMILES string of the molecule is Cc1nc(C2CCN(C(=O)[C@@H](N)Cc3ccccc3)CC2)no1.Cl. The summed E-state index contributed by atoms with van der Waals surface area (Å²) in [5, 5.41) is 3.99. The summed E-state index contributed by atoms with van der Waals surface area (Å²) in [4.78, 5) is 18.6. The number of hydrogen-bond acceptors (Lipinski definition) is 5. The Labute approximate surface area is 147 Å². The number of rotatable bonds is 4. The number of nitrogens with two attached hydrogens (primary N) is 1. The molecule has 0 spiro atoms. The van der Waals surface area contributed by atoms with Crippen LogP contribution in [0.3, 0.4) is 0 Å². The summed E-state index contributed by atoms with van der Waals surface area (Å²) in [7, 11) is 0. The van der Waals surface area contributed by atoms with E-state index in [-0.39, 0.29) is 24.2 Å². The topological polar surface area (TPSA) is 85.2 Å². The fourth-order valence-corrected chi connectivity index (χ4v) is 3.03. The van der Waals surface area contributed by atoms with Crippen molar-refractivity contribution in [3.8, 4) is 0 Å². The fraction of sp³-hybridized carbons (Fsp3) is 0.471. The number of benzene rings is 1. The molecule has 24 heavy (non-hydrogen) atoms. The van der Waals surface area contributed by atoms with Gasteiger partial charge in [0.25, 0.3) is 0 Å². The summed E-state index contributed by atoms with van der Waals surface area (Å²) >= 11 is 0. The van der Waals surface area contributed by atoms with Crippen LogP contribution in [0.5, 0.6) is 0 Å². The maximum Gasteiger partial charge on any atom is 0.239 e. The van der Waals surface area contributed by atoms with E-state index in [1.807, 2.05) is 35.2 Å². The third-order valence-electron chi connectivity index (χ3n) is 4.33. The zero-order valence-corrected chi connectivity index (χ0v) is 14.5. The van der Waals surface area contributed by atoms with E-state index in [2.05, 4.69) is 10.1 Å². The van der Waals surface area contributed by atoms with Crippen LogP contribution in [0.25, 0.3) is 0 Å². The number of hydrogen-bond donors (Lipinski definition) is 1. The van der Waals surface area contributed by atoms with Crippen molar-refractivity contribution in [2.24, 2.45) is 5.73 Å². The quantitative estimate of drug-likeness (QED) is 0.912. The van der Waals surface area contributed by atoms with Gasteiger partial charge in [-0.1, -0.05) is 35.5 Å². The third kappa shape index (κ3) is 4.33. The maximum absolute atomic E-state index is 12.5. The minimum atomic E-state index is -0.485. The number of nitrogens with zero attached hydrogens (tertiary/aromatic N) is 3. The van der Waals surface area contributed by atoms with Crippen LogP contribution < -0.4 is 5.73 Å². The van der Waals surface area contributed by atoms with Gasteiger partial charge < -0.3 is 15.2 Å². The first kappa shape index (κ1) is 18.4. The van der Waals surface area contributed by atoms with Crippen molar-refractivity contribution in [2.75, 3.05) is 13.1 Å². The Bertz CT molecular complexity index is 654. The first-order valence-corrected chi connectivity index (χ1v) is 8.02. The van der Waals surface area contributed by atoms with Gasteiger partial charge in [0.15, 0.2) is 5.82 Å². The van der Waals surface area contributed by atoms with E-state index in [1.54, 1.807) is 6.92 Å². The van der Waals surface area contributed by atoms with Crippen molar-refractivity contribution >= 4 is 18.3 Å². The first-order chi connectivity index (χ1) is 11.1. The van der Waals surface area contributed by atoms with Gasteiger partial charge in [0, 0.05) is 25.9 Å². The molecule has 2 N–H and O–H groups in total. The van der Waals surface area contributed by atoms with Gasteiger partial charge in [-0.3, -0.25) is 4.79 Å². The number of halogens is 1. The number of likely N-dealkylation sites (tertiary alicyclic amines) is 1. The molecule has 1 fully saturated rings. The predicted molar refractivity (Wildman–Crippen MR) is 93.0 cm³/mol. The van der Waals surface area contributed by atoms with E-state index in [0.717, 1.165) is 24.2 Å². The molecule has 0 radical (unpaired) electrons. The summed E-state index contributed by atoms with van der Waals surface area (Å²) in [5.74, 6) is 1.63. The van der Waals surface area contributed by atoms with Gasteiger partial charge in [-0.2, -0.15) is 4.98 Å². The van der Waals surface area contributed by atoms with Crippen molar-refractivity contribution < 1.29 is 9.32 Å². The fourth-order valence-electron chi connectivity index (χ4n) is 3.03. The molecule has 0 bridgehead atoms. The normalized spacial score (nSPS) is 16.5. The largest absolute Gasteiger partial charge is 0.341 e. The molecule has 1 aliphatic heterocycles. The molecule has 7 heteroatoms. The zero-order chi connectivity index (χ0) is 16.2. The van der Waals surface area contributed by atoms with Crippen LogP contribution in [-0.4, -0.2) is 40.1 Å². The van der Waals surface area contributed by atoms with E-state index in [0.29, 0.717) is 25.4 Å². The highest BCUT2D eigenvalue weighted by atomic mass is 35.5. The first-order valence-electron chi connectivity index (χ1n) is 8.02. The molecule has 1 aliphatic rings. The Morgan fingerprint density at radius 3 is 2.58 bits per heavy atom. The summed E-state index contributed by atoms with van der Waals surface area (Å²) < 4.78 is 5.03. The van der Waals surface area contributed by atoms with Crippen LogP contribution in [0.4, 0.5) is 0 Å². The lowest BCUT2D eigenvalue weighted by Crippen LogP contribution is -2.47. The number of amides is 1. The molecule has 1 atom stereocenters. The van der Waals surface area contributed by atoms with Crippen LogP contribution in [-0.2, 0) is 11.2 Å². The van der Waals surface area contributed by atoms with E-state index in [9.17, 15) is 4.79 Å². The molecule has 2 heterocycles. The summed E-state index contributed by atoms with van der Waals surface area (Å²) in [6.45, 7) is 3.18. The van der Waals surface area contributed by atoms with Gasteiger partial charge in [-0.25, -0.2) is 0 Å². The van der Waals surface area contributed by atoms with Gasteiger partial charge >= 0.3 is 0 Å². The molecular weight excluding hydrogens is 328 g/mol. The second kappa shape index (κ2) is 8.26. The number of piperidine rings is 1. The van der Waals surface area contributed by atoms with Gasteiger partial charge in [-0.05, 0) is 24.8 Å². The maximum atomic E-state index is 12.5. The number of aromatic nitrogens is 2. The average Bonchev–Trinajstić information content (AvgIpc) is 3.02. The lowest BCUT2D eigenvalue weighted by Gasteiger charge is -2.32. The molecular formula is C17H23ClN4O2. The summed E-state index contributed by atoms with van der Waals surface area (Å²) in [6, 6.07) is 9.40. The van der Waals surface area contributed by atoms with Crippen LogP contribution >= 0.6 is 12.4 Å². The monoisotopic (exact) mass is 350 g/mol. The molecule has 1 saturated heterocycles. The van der Waals surface area contributed by atoms with Crippen molar-refractivity contribution in [3.63, 3.8) is 0 Å². The van der Waals surface area contributed by atoms with E-state index in [4.69, 9.17) is 10.3 Å². The van der Waals surface area contributed by atoms with Crippen LogP contribution in [0.1, 0.15) is 36.0 Å². The highest BCUT2D eigenvalue weighted by Gasteiger charge is 2.29. The molecule has 2 aromatic rings. The van der Waals surface area contributed by atoms with Crippen molar-refractivity contribution in [3.05, 3.63) is 47.6 Å². The summed E-state index contributed by atoms with van der Waals surface area (Å²) in [5.41, 5.74) is 7.19. The van der Waals surface area contributed by atoms with Crippen molar-refractivity contribution in [1.82, 2.24) is 15.0 Å². The van der Waals surface area contributed by atoms with E-state index < -0.39 is 6.04 Å². The highest BCUT2D eigenvalue weighted by molar-refractivity contribution is 5.85. The Morgan fingerprint density at radius 1 is 1.33 bits per heavy atom. The van der Waals surface area contributed by atoms with Gasteiger partial charge in [0.05, 0.1) is 6.04 Å². The lowest BCUT2D eigenvalue weighted by molar-refractivity contribution is -0.133. The Morgan fingerprint density at radius 2 is 2.00 bits per heavy atom. The molecule has 3 rings (SSSR count). The highest BCUT2D eigenvalue weighted by Crippen LogP contribution is 2.26. The molecule has 130 valence electrons. The molecule has 1 aromatic carbocycles. The minimum Gasteiger partial charge on any atom is -0.341 e. The van der Waals surface area contributed by atoms with Crippen molar-refractivity contribution in [1.29, 1.82) is 0 Å². The molecule has 0 unspecified atom stereocenters. The van der Waals surface area contributed by atoms with E-state index >= 15 is 0 Å². The Kier molecular flexibility index (Phi) is 6.34. The molecule has 6 nitrogen and oxygen atoms in total. The average molecular weight is 351 g/mol. The van der Waals surface area contributed by atoms with Gasteiger partial charge in [0.2, 0.25) is 11.8 Å². The third-order valence-corrected chi connectivity index (χ3v) is 4.33. The smallest absolute Gasteiger partial charge is 0.239 e. The zero-order valence-electron chi connectivity index (χ0n) is 13.7. The number of carbonyl (C=O) groups excluding carboxylic acids is 1. The second-order valence-electron chi connectivity index (χ2n) is 6.07. The van der Waals surface area contributed by atoms with Gasteiger partial charge in [0.1, 0.15) is 0 Å². The van der Waals surface area contributed by atoms with Crippen LogP contribution in [0.15, 0.2) is 34.9 Å². The lowest BCUT2D eigenvalue weighted by atomic mass is 9.95. The van der Waals surface area contributed by atoms with Gasteiger partial charge in [-0.15, -0.1) is 12.4 Å². The standard InChI is InChI=1S/C17H22N4O2.ClH/c1-12-19-16(20-23-12)14-7-9-21(10-8-14)17(22)15(18)11-13-5-3-2-4-6-13;/h2-6,14-15H,7-11,18H2,1H3;1H/t15-;/m0./s1. The molecule has 0 aliphatic carbocycles. The molecule has 0 saturated carbocycles.